The number of nitrogen functional groups attached to an aromatic ring is 1. The summed E-state index contributed by atoms with van der Waals surface area (Å²) < 4.78 is 5.64. The number of nitrogens with two attached hydrogens (primary N) is 1. The topological polar surface area (TPSA) is 130 Å². The van der Waals surface area contributed by atoms with Crippen LogP contribution in [-0.2, 0) is 9.63 Å². The summed E-state index contributed by atoms with van der Waals surface area (Å²) in [6.07, 6.45) is 0.380. The molecule has 0 fully saturated rings. The molecule has 0 aromatic heterocycles. The lowest BCUT2D eigenvalue weighted by Gasteiger charge is -2.20. The van der Waals surface area contributed by atoms with Crippen molar-refractivity contribution >= 4 is 35.6 Å². The average molecular weight is 433 g/mol. The number of carbonyl (C=O) groups is 1. The van der Waals surface area contributed by atoms with E-state index < -0.39 is 12.0 Å². The van der Waals surface area contributed by atoms with Gasteiger partial charge in [0.2, 0.25) is 0 Å². The lowest BCUT2D eigenvalue weighted by Crippen LogP contribution is -2.21. The number of carboxylic acids is 1. The van der Waals surface area contributed by atoms with Gasteiger partial charge in [-0.2, -0.15) is 0 Å². The van der Waals surface area contributed by atoms with E-state index >= 15 is 0 Å². The van der Waals surface area contributed by atoms with Gasteiger partial charge in [0.1, 0.15) is 11.6 Å². The van der Waals surface area contributed by atoms with Crippen LogP contribution in [0.25, 0.3) is 0 Å². The molecule has 8 nitrogen and oxygen atoms in total. The molecule has 2 atom stereocenters. The summed E-state index contributed by atoms with van der Waals surface area (Å²) in [6.45, 7) is 4.22. The highest BCUT2D eigenvalue weighted by atomic mass is 35.5. The minimum absolute atomic E-state index is 0. The summed E-state index contributed by atoms with van der Waals surface area (Å²) in [5.41, 5.74) is 8.88. The maximum Gasteiger partial charge on any atom is 0.330 e. The fourth-order valence-electron chi connectivity index (χ4n) is 3.12. The summed E-state index contributed by atoms with van der Waals surface area (Å²) in [5, 5.41) is 24.3. The molecule has 1 aliphatic rings. The van der Waals surface area contributed by atoms with Crippen molar-refractivity contribution in [3.8, 4) is 5.75 Å². The molecular formula is C21H25ClN4O4. The molecule has 0 spiro atoms. The van der Waals surface area contributed by atoms with Gasteiger partial charge in [0.25, 0.3) is 0 Å². The highest BCUT2D eigenvalue weighted by molar-refractivity contribution is 5.95. The van der Waals surface area contributed by atoms with Gasteiger partial charge in [-0.05, 0) is 67.4 Å². The number of aliphatic carboxylic acids is 1. The second-order valence-electron chi connectivity index (χ2n) is 6.80. The van der Waals surface area contributed by atoms with Gasteiger partial charge in [0, 0.05) is 17.7 Å². The number of benzene rings is 2. The van der Waals surface area contributed by atoms with Gasteiger partial charge < -0.3 is 25.7 Å². The second kappa shape index (κ2) is 9.98. The molecule has 30 heavy (non-hydrogen) atoms. The third-order valence-corrected chi connectivity index (χ3v) is 4.54. The number of hydrogen-bond acceptors (Lipinski definition) is 6. The Hall–Kier alpha value is -3.26. The molecule has 1 unspecified atom stereocenters. The van der Waals surface area contributed by atoms with Crippen molar-refractivity contribution in [3.63, 3.8) is 0 Å². The summed E-state index contributed by atoms with van der Waals surface area (Å²) in [5.74, 6) is -0.498. The minimum atomic E-state index is -1.03. The highest BCUT2D eigenvalue weighted by Gasteiger charge is 2.26. The summed E-state index contributed by atoms with van der Waals surface area (Å²) in [6, 6.07) is 11.1. The van der Waals surface area contributed by atoms with E-state index in [2.05, 4.69) is 10.5 Å². The Balaban J connectivity index is 0.00000320. The zero-order valence-corrected chi connectivity index (χ0v) is 17.5. The summed E-state index contributed by atoms with van der Waals surface area (Å²) in [4.78, 5) is 17.5. The van der Waals surface area contributed by atoms with E-state index in [0.717, 1.165) is 11.3 Å². The molecule has 160 valence electrons. The van der Waals surface area contributed by atoms with Crippen molar-refractivity contribution in [1.82, 2.24) is 0 Å². The van der Waals surface area contributed by atoms with Crippen molar-refractivity contribution in [2.24, 2.45) is 10.9 Å². The number of amidine groups is 1. The molecule has 0 saturated heterocycles. The average Bonchev–Trinajstić information content (AvgIpc) is 3.12. The molecule has 0 bridgehead atoms. The first-order valence-corrected chi connectivity index (χ1v) is 9.28. The van der Waals surface area contributed by atoms with Crippen molar-refractivity contribution < 1.29 is 19.5 Å². The lowest BCUT2D eigenvalue weighted by atomic mass is 9.98. The standard InChI is InChI=1S/C21H24N4O4.ClH/c1-3-28-17-10-14(18-8-12(2)25-29-18)9-15(11-17)19(21(26)27)24-16-6-4-13(5-7-16)20(22)23;/h4-7,9-11,18-19,24H,3,8H2,1-2H3,(H3,22,23)(H,26,27);1H/t18-,19?;/m0./s1. The fourth-order valence-corrected chi connectivity index (χ4v) is 3.12. The van der Waals surface area contributed by atoms with E-state index in [0.29, 0.717) is 35.6 Å². The van der Waals surface area contributed by atoms with Crippen molar-refractivity contribution in [3.05, 3.63) is 59.2 Å². The van der Waals surface area contributed by atoms with Crippen molar-refractivity contribution in [2.45, 2.75) is 32.4 Å². The van der Waals surface area contributed by atoms with Gasteiger partial charge in [-0.1, -0.05) is 5.16 Å². The van der Waals surface area contributed by atoms with Gasteiger partial charge in [-0.15, -0.1) is 12.4 Å². The normalized spacial score (nSPS) is 15.9. The van der Waals surface area contributed by atoms with Crippen molar-refractivity contribution in [2.75, 3.05) is 11.9 Å². The smallest absolute Gasteiger partial charge is 0.330 e. The Labute approximate surface area is 181 Å². The van der Waals surface area contributed by atoms with Crippen LogP contribution in [0.5, 0.6) is 5.75 Å². The number of nitrogens with one attached hydrogen (secondary N) is 2. The van der Waals surface area contributed by atoms with Crippen LogP contribution in [0.4, 0.5) is 5.69 Å². The van der Waals surface area contributed by atoms with Crippen LogP contribution in [0.2, 0.25) is 0 Å². The van der Waals surface area contributed by atoms with E-state index in [4.69, 9.17) is 20.7 Å². The van der Waals surface area contributed by atoms with Crippen molar-refractivity contribution in [1.29, 1.82) is 5.41 Å². The molecule has 9 heteroatoms. The Bertz CT molecular complexity index is 947. The van der Waals surface area contributed by atoms with Crippen LogP contribution in [0.3, 0.4) is 0 Å². The van der Waals surface area contributed by atoms with Crippen LogP contribution < -0.4 is 15.8 Å². The Morgan fingerprint density at radius 1 is 1.37 bits per heavy atom. The summed E-state index contributed by atoms with van der Waals surface area (Å²) >= 11 is 0. The van der Waals surface area contributed by atoms with Gasteiger partial charge in [0.05, 0.1) is 12.3 Å². The van der Waals surface area contributed by atoms with Gasteiger partial charge in [0.15, 0.2) is 12.1 Å². The van der Waals surface area contributed by atoms with Crippen LogP contribution in [0.15, 0.2) is 47.6 Å². The van der Waals surface area contributed by atoms with E-state index in [1.54, 1.807) is 36.4 Å². The number of ether oxygens (including phenoxy) is 1. The van der Waals surface area contributed by atoms with Gasteiger partial charge >= 0.3 is 5.97 Å². The number of rotatable bonds is 8. The third-order valence-electron chi connectivity index (χ3n) is 4.54. The van der Waals surface area contributed by atoms with Crippen LogP contribution >= 0.6 is 12.4 Å². The SMILES string of the molecule is CCOc1cc(C(Nc2ccc(C(=N)N)cc2)C(=O)O)cc([C@@H]2CC(C)=NO2)c1.Cl. The highest BCUT2D eigenvalue weighted by Crippen LogP contribution is 2.33. The monoisotopic (exact) mass is 432 g/mol. The largest absolute Gasteiger partial charge is 0.494 e. The first-order chi connectivity index (χ1) is 13.9. The van der Waals surface area contributed by atoms with Crippen LogP contribution in [0.1, 0.15) is 49.1 Å². The minimum Gasteiger partial charge on any atom is -0.494 e. The molecule has 3 rings (SSSR count). The number of nitrogens with zero attached hydrogens (tertiary/aromatic N) is 1. The number of anilines is 1. The first kappa shape index (κ1) is 23.0. The number of hydrogen-bond donors (Lipinski definition) is 4. The third kappa shape index (κ3) is 5.42. The molecule has 5 N–H and O–H groups in total. The molecule has 2 aromatic rings. The quantitative estimate of drug-likeness (QED) is 0.370. The molecule has 0 saturated carbocycles. The maximum atomic E-state index is 12.0. The maximum absolute atomic E-state index is 12.0. The Morgan fingerprint density at radius 3 is 2.60 bits per heavy atom. The Kier molecular flexibility index (Phi) is 7.66. The lowest BCUT2D eigenvalue weighted by molar-refractivity contribution is -0.138. The second-order valence-corrected chi connectivity index (χ2v) is 6.80. The van der Waals surface area contributed by atoms with E-state index in [-0.39, 0.29) is 24.3 Å². The predicted molar refractivity (Wildman–Crippen MR) is 118 cm³/mol. The molecular weight excluding hydrogens is 408 g/mol. The van der Waals surface area contributed by atoms with E-state index in [1.807, 2.05) is 19.9 Å². The molecule has 1 heterocycles. The number of halogens is 1. The molecule has 2 aromatic carbocycles. The molecule has 0 radical (unpaired) electrons. The van der Waals surface area contributed by atoms with E-state index in [1.165, 1.54) is 0 Å². The molecule has 0 aliphatic carbocycles. The Morgan fingerprint density at radius 2 is 2.07 bits per heavy atom. The van der Waals surface area contributed by atoms with Crippen LogP contribution in [0, 0.1) is 5.41 Å². The van der Waals surface area contributed by atoms with Crippen LogP contribution in [-0.4, -0.2) is 29.2 Å². The number of carboxylic acid groups (broad SMARTS) is 1. The van der Waals surface area contributed by atoms with E-state index in [9.17, 15) is 9.90 Å². The molecule has 0 amide bonds. The van der Waals surface area contributed by atoms with Gasteiger partial charge in [-0.25, -0.2) is 4.79 Å². The zero-order valence-electron chi connectivity index (χ0n) is 16.7. The number of oxime groups is 1. The molecule has 1 aliphatic heterocycles. The zero-order chi connectivity index (χ0) is 21.0. The fraction of sp³-hybridized carbons (Fsp3) is 0.286. The van der Waals surface area contributed by atoms with Gasteiger partial charge in [-0.3, -0.25) is 5.41 Å². The summed E-state index contributed by atoms with van der Waals surface area (Å²) in [7, 11) is 0. The predicted octanol–water partition coefficient (Wildman–Crippen LogP) is 3.87. The first-order valence-electron chi connectivity index (χ1n) is 9.28.